The predicted molar refractivity (Wildman–Crippen MR) is 114 cm³/mol. The van der Waals surface area contributed by atoms with Crippen LogP contribution in [0.15, 0.2) is 48.5 Å². The smallest absolute Gasteiger partial charge is 0.251 e. The van der Waals surface area contributed by atoms with Crippen molar-refractivity contribution in [1.82, 2.24) is 15.5 Å². The molecule has 1 heterocycles. The fraction of sp³-hybridized carbons (Fsp3) is 0.200. The van der Waals surface area contributed by atoms with Crippen LogP contribution in [0.1, 0.15) is 21.8 Å². The zero-order valence-electron chi connectivity index (χ0n) is 16.1. The fourth-order valence-corrected chi connectivity index (χ4v) is 3.17. The van der Waals surface area contributed by atoms with Gasteiger partial charge in [0.25, 0.3) is 5.91 Å². The minimum Gasteiger partial charge on any atom is -0.497 e. The Morgan fingerprint density at radius 3 is 2.67 bits per heavy atom. The summed E-state index contributed by atoms with van der Waals surface area (Å²) >= 11 is 7.05. The van der Waals surface area contributed by atoms with Crippen LogP contribution in [0, 0.1) is 0 Å². The highest BCUT2D eigenvalue weighted by molar-refractivity contribution is 7.15. The normalized spacial score (nSPS) is 10.3. The zero-order chi connectivity index (χ0) is 21.3. The van der Waals surface area contributed by atoms with Crippen LogP contribution in [0.25, 0.3) is 0 Å². The van der Waals surface area contributed by atoms with E-state index in [1.54, 1.807) is 48.5 Å². The van der Waals surface area contributed by atoms with Gasteiger partial charge in [-0.25, -0.2) is 0 Å². The van der Waals surface area contributed by atoms with E-state index in [1.807, 2.05) is 0 Å². The van der Waals surface area contributed by atoms with Gasteiger partial charge in [0.15, 0.2) is 5.01 Å². The lowest BCUT2D eigenvalue weighted by atomic mass is 10.2. The summed E-state index contributed by atoms with van der Waals surface area (Å²) in [6, 6.07) is 13.8. The highest BCUT2D eigenvalue weighted by Crippen LogP contribution is 2.20. The van der Waals surface area contributed by atoms with E-state index in [4.69, 9.17) is 21.1 Å². The number of carbonyl (C=O) groups excluding carboxylic acids is 2. The molecule has 10 heteroatoms. The number of anilines is 1. The number of methoxy groups -OCH3 is 1. The minimum atomic E-state index is -0.278. The van der Waals surface area contributed by atoms with Crippen molar-refractivity contribution in [1.29, 1.82) is 0 Å². The Bertz CT molecular complexity index is 1010. The first-order valence-corrected chi connectivity index (χ1v) is 10.2. The van der Waals surface area contributed by atoms with Gasteiger partial charge in [0.1, 0.15) is 18.1 Å². The molecule has 8 nitrogen and oxygen atoms in total. The second-order valence-corrected chi connectivity index (χ2v) is 7.53. The van der Waals surface area contributed by atoms with Crippen molar-refractivity contribution >= 4 is 39.9 Å². The second-order valence-electron chi connectivity index (χ2n) is 6.03. The van der Waals surface area contributed by atoms with Crippen molar-refractivity contribution in [3.63, 3.8) is 0 Å². The summed E-state index contributed by atoms with van der Waals surface area (Å²) in [4.78, 5) is 24.2. The van der Waals surface area contributed by atoms with Crippen LogP contribution in [0.5, 0.6) is 11.5 Å². The predicted octanol–water partition coefficient (Wildman–Crippen LogP) is 3.54. The van der Waals surface area contributed by atoms with Gasteiger partial charge in [0.05, 0.1) is 7.11 Å². The number of hydrogen-bond acceptors (Lipinski definition) is 7. The molecule has 156 valence electrons. The third kappa shape index (κ3) is 6.43. The van der Waals surface area contributed by atoms with Crippen LogP contribution < -0.4 is 20.1 Å². The average molecular weight is 447 g/mol. The first-order chi connectivity index (χ1) is 14.5. The molecule has 0 spiro atoms. The van der Waals surface area contributed by atoms with Gasteiger partial charge in [0, 0.05) is 23.6 Å². The van der Waals surface area contributed by atoms with Crippen LogP contribution in [0.2, 0.25) is 5.02 Å². The topological polar surface area (TPSA) is 102 Å². The molecule has 2 aromatic carbocycles. The standard InChI is InChI=1S/C20H19ClN4O4S/c1-28-16-4-2-3-13(11-16)19(27)22-10-9-17(26)23-20-25-24-18(30-20)12-29-15-7-5-14(21)6-8-15/h2-8,11H,9-10,12H2,1H3,(H,22,27)(H,23,25,26). The Balaban J connectivity index is 1.40. The molecule has 0 fully saturated rings. The van der Waals surface area contributed by atoms with Gasteiger partial charge < -0.3 is 20.1 Å². The van der Waals surface area contributed by atoms with Crippen LogP contribution in [0.4, 0.5) is 5.13 Å². The number of halogens is 1. The van der Waals surface area contributed by atoms with Crippen molar-refractivity contribution in [2.75, 3.05) is 19.0 Å². The summed E-state index contributed by atoms with van der Waals surface area (Å²) in [7, 11) is 1.53. The number of amides is 2. The van der Waals surface area contributed by atoms with Gasteiger partial charge in [-0.05, 0) is 42.5 Å². The lowest BCUT2D eigenvalue weighted by molar-refractivity contribution is -0.116. The molecule has 3 rings (SSSR count). The maximum Gasteiger partial charge on any atom is 0.251 e. The Morgan fingerprint density at radius 2 is 1.90 bits per heavy atom. The van der Waals surface area contributed by atoms with Gasteiger partial charge in [-0.3, -0.25) is 9.59 Å². The first kappa shape index (κ1) is 21.5. The van der Waals surface area contributed by atoms with Crippen LogP contribution >= 0.6 is 22.9 Å². The number of benzene rings is 2. The Hall–Kier alpha value is -3.17. The third-order valence-electron chi connectivity index (χ3n) is 3.86. The molecule has 0 aliphatic rings. The van der Waals surface area contributed by atoms with Crippen LogP contribution in [0.3, 0.4) is 0 Å². The summed E-state index contributed by atoms with van der Waals surface area (Å²) in [5.74, 6) is 0.695. The number of aromatic nitrogens is 2. The van der Waals surface area contributed by atoms with E-state index < -0.39 is 0 Å². The highest BCUT2D eigenvalue weighted by Gasteiger charge is 2.11. The Kier molecular flexibility index (Phi) is 7.58. The number of ether oxygens (including phenoxy) is 2. The molecule has 1 aromatic heterocycles. The second kappa shape index (κ2) is 10.6. The molecule has 2 amide bonds. The molecule has 2 N–H and O–H groups in total. The molecule has 0 atom stereocenters. The number of nitrogens with zero attached hydrogens (tertiary/aromatic N) is 2. The molecule has 0 unspecified atom stereocenters. The maximum atomic E-state index is 12.1. The Morgan fingerprint density at radius 1 is 1.10 bits per heavy atom. The minimum absolute atomic E-state index is 0.103. The number of nitrogens with one attached hydrogen (secondary N) is 2. The molecular weight excluding hydrogens is 428 g/mol. The molecule has 0 bridgehead atoms. The van der Waals surface area contributed by atoms with Crippen molar-refractivity contribution in [2.45, 2.75) is 13.0 Å². The zero-order valence-corrected chi connectivity index (χ0v) is 17.6. The fourth-order valence-electron chi connectivity index (χ4n) is 2.38. The quantitative estimate of drug-likeness (QED) is 0.521. The van der Waals surface area contributed by atoms with Gasteiger partial charge >= 0.3 is 0 Å². The third-order valence-corrected chi connectivity index (χ3v) is 4.92. The molecule has 0 radical (unpaired) electrons. The molecule has 0 saturated heterocycles. The summed E-state index contributed by atoms with van der Waals surface area (Å²) in [6.45, 7) is 0.416. The largest absolute Gasteiger partial charge is 0.497 e. The van der Waals surface area contributed by atoms with E-state index >= 15 is 0 Å². The molecule has 3 aromatic rings. The molecule has 0 aliphatic carbocycles. The summed E-state index contributed by atoms with van der Waals surface area (Å²) in [5, 5.41) is 14.9. The number of hydrogen-bond donors (Lipinski definition) is 2. The van der Waals surface area contributed by atoms with Crippen LogP contribution in [-0.2, 0) is 11.4 Å². The highest BCUT2D eigenvalue weighted by atomic mass is 35.5. The van der Waals surface area contributed by atoms with E-state index in [9.17, 15) is 9.59 Å². The maximum absolute atomic E-state index is 12.1. The number of carbonyl (C=O) groups is 2. The van der Waals surface area contributed by atoms with Crippen molar-refractivity contribution in [3.05, 3.63) is 64.1 Å². The summed E-state index contributed by atoms with van der Waals surface area (Å²) in [5.41, 5.74) is 0.462. The van der Waals surface area contributed by atoms with Crippen molar-refractivity contribution < 1.29 is 19.1 Å². The van der Waals surface area contributed by atoms with E-state index in [0.29, 0.717) is 32.2 Å². The summed E-state index contributed by atoms with van der Waals surface area (Å²) in [6.07, 6.45) is 0.103. The molecule has 0 saturated carbocycles. The number of rotatable bonds is 9. The van der Waals surface area contributed by atoms with Crippen molar-refractivity contribution in [3.8, 4) is 11.5 Å². The van der Waals surface area contributed by atoms with E-state index in [2.05, 4.69) is 20.8 Å². The van der Waals surface area contributed by atoms with Gasteiger partial charge in [0.2, 0.25) is 11.0 Å². The van der Waals surface area contributed by atoms with E-state index in [1.165, 1.54) is 18.4 Å². The van der Waals surface area contributed by atoms with Gasteiger partial charge in [-0.15, -0.1) is 10.2 Å². The monoisotopic (exact) mass is 446 g/mol. The molecule has 30 heavy (non-hydrogen) atoms. The van der Waals surface area contributed by atoms with Gasteiger partial charge in [-0.2, -0.15) is 0 Å². The lowest BCUT2D eigenvalue weighted by Gasteiger charge is -2.06. The van der Waals surface area contributed by atoms with E-state index in [-0.39, 0.29) is 31.4 Å². The molecule has 0 aliphatic heterocycles. The lowest BCUT2D eigenvalue weighted by Crippen LogP contribution is -2.27. The van der Waals surface area contributed by atoms with Crippen LogP contribution in [-0.4, -0.2) is 35.7 Å². The van der Waals surface area contributed by atoms with Gasteiger partial charge in [-0.1, -0.05) is 29.0 Å². The average Bonchev–Trinajstić information content (AvgIpc) is 3.20. The van der Waals surface area contributed by atoms with E-state index in [0.717, 1.165) is 0 Å². The Labute approximate surface area is 182 Å². The van der Waals surface area contributed by atoms with Crippen molar-refractivity contribution in [2.24, 2.45) is 0 Å². The summed E-state index contributed by atoms with van der Waals surface area (Å²) < 4.78 is 10.7. The SMILES string of the molecule is COc1cccc(C(=O)NCCC(=O)Nc2nnc(COc3ccc(Cl)cc3)s2)c1. The first-order valence-electron chi connectivity index (χ1n) is 8.96. The molecular formula is C20H19ClN4O4S.